The highest BCUT2D eigenvalue weighted by molar-refractivity contribution is 9.10. The largest absolute Gasteiger partial charge is 0.495 e. The van der Waals surface area contributed by atoms with E-state index in [1.165, 1.54) is 31.4 Å². The molecular formula is C14H12BrFN2O4S. The number of anilines is 1. The molecule has 2 aromatic rings. The Morgan fingerprint density at radius 3 is 2.57 bits per heavy atom. The van der Waals surface area contributed by atoms with Crippen molar-refractivity contribution in [3.63, 3.8) is 0 Å². The SMILES string of the molecule is COc1ccc(S(N)(=O)=O)cc1NC(=O)c1cc(Br)ccc1F. The molecule has 0 unspecified atom stereocenters. The van der Waals surface area contributed by atoms with Gasteiger partial charge in [0, 0.05) is 4.47 Å². The molecule has 23 heavy (non-hydrogen) atoms. The Morgan fingerprint density at radius 2 is 1.96 bits per heavy atom. The molecule has 1 amide bonds. The lowest BCUT2D eigenvalue weighted by molar-refractivity contribution is 0.102. The summed E-state index contributed by atoms with van der Waals surface area (Å²) in [4.78, 5) is 12.0. The first-order valence-electron chi connectivity index (χ1n) is 6.19. The summed E-state index contributed by atoms with van der Waals surface area (Å²) in [6.07, 6.45) is 0. The Hall–Kier alpha value is -1.97. The molecule has 0 spiro atoms. The number of nitrogens with one attached hydrogen (secondary N) is 1. The lowest BCUT2D eigenvalue weighted by Crippen LogP contribution is -2.16. The zero-order valence-corrected chi connectivity index (χ0v) is 14.2. The maximum Gasteiger partial charge on any atom is 0.258 e. The number of halogens is 2. The summed E-state index contributed by atoms with van der Waals surface area (Å²) in [5, 5.41) is 7.47. The highest BCUT2D eigenvalue weighted by atomic mass is 79.9. The number of nitrogens with two attached hydrogens (primary N) is 1. The molecule has 0 atom stereocenters. The zero-order valence-electron chi connectivity index (χ0n) is 11.8. The van der Waals surface area contributed by atoms with Crippen molar-refractivity contribution in [3.8, 4) is 5.75 Å². The van der Waals surface area contributed by atoms with Crippen LogP contribution in [0.3, 0.4) is 0 Å². The van der Waals surface area contributed by atoms with Crippen molar-refractivity contribution in [2.24, 2.45) is 5.14 Å². The lowest BCUT2D eigenvalue weighted by atomic mass is 10.2. The maximum atomic E-state index is 13.7. The van der Waals surface area contributed by atoms with Gasteiger partial charge in [-0.15, -0.1) is 0 Å². The normalized spacial score (nSPS) is 11.1. The van der Waals surface area contributed by atoms with E-state index in [1.54, 1.807) is 0 Å². The molecule has 0 heterocycles. The van der Waals surface area contributed by atoms with Gasteiger partial charge in [-0.3, -0.25) is 4.79 Å². The molecule has 9 heteroatoms. The van der Waals surface area contributed by atoms with E-state index in [2.05, 4.69) is 21.2 Å². The van der Waals surface area contributed by atoms with Crippen LogP contribution in [-0.4, -0.2) is 21.4 Å². The topological polar surface area (TPSA) is 98.5 Å². The van der Waals surface area contributed by atoms with Crippen LogP contribution in [0, 0.1) is 5.82 Å². The zero-order chi connectivity index (χ0) is 17.2. The van der Waals surface area contributed by atoms with Gasteiger partial charge in [-0.05, 0) is 36.4 Å². The number of hydrogen-bond donors (Lipinski definition) is 2. The standard InChI is InChI=1S/C14H12BrFN2O4S/c1-22-13-5-3-9(23(17,20)21)7-12(13)18-14(19)10-6-8(15)2-4-11(10)16/h2-7H,1H3,(H,18,19)(H2,17,20,21). The van der Waals surface area contributed by atoms with Crippen molar-refractivity contribution in [3.05, 3.63) is 52.3 Å². The first-order chi connectivity index (χ1) is 10.7. The first-order valence-corrected chi connectivity index (χ1v) is 8.53. The summed E-state index contributed by atoms with van der Waals surface area (Å²) in [6.45, 7) is 0. The molecule has 0 aliphatic heterocycles. The fourth-order valence-corrected chi connectivity index (χ4v) is 2.72. The van der Waals surface area contributed by atoms with Crippen molar-refractivity contribution < 1.29 is 22.3 Å². The van der Waals surface area contributed by atoms with E-state index < -0.39 is 21.7 Å². The molecule has 122 valence electrons. The van der Waals surface area contributed by atoms with E-state index in [9.17, 15) is 17.6 Å². The number of carbonyl (C=O) groups excluding carboxylic acids is 1. The number of hydrogen-bond acceptors (Lipinski definition) is 4. The monoisotopic (exact) mass is 402 g/mol. The first kappa shape index (κ1) is 17.4. The number of primary sulfonamides is 1. The molecule has 3 N–H and O–H groups in total. The summed E-state index contributed by atoms with van der Waals surface area (Å²) < 4.78 is 42.1. The second-order valence-electron chi connectivity index (χ2n) is 4.49. The van der Waals surface area contributed by atoms with Gasteiger partial charge in [0.2, 0.25) is 10.0 Å². The van der Waals surface area contributed by atoms with Crippen LogP contribution in [0.5, 0.6) is 5.75 Å². The summed E-state index contributed by atoms with van der Waals surface area (Å²) in [5.41, 5.74) is -0.147. The molecule has 0 bridgehead atoms. The molecule has 0 fully saturated rings. The molecule has 0 aliphatic carbocycles. The summed E-state index contributed by atoms with van der Waals surface area (Å²) >= 11 is 3.15. The average molecular weight is 403 g/mol. The van der Waals surface area contributed by atoms with Crippen LogP contribution >= 0.6 is 15.9 Å². The van der Waals surface area contributed by atoms with E-state index >= 15 is 0 Å². The Balaban J connectivity index is 2.42. The number of benzene rings is 2. The van der Waals surface area contributed by atoms with E-state index in [-0.39, 0.29) is 21.9 Å². The fraction of sp³-hybridized carbons (Fsp3) is 0.0714. The van der Waals surface area contributed by atoms with Gasteiger partial charge in [-0.1, -0.05) is 15.9 Å². The Morgan fingerprint density at radius 1 is 1.26 bits per heavy atom. The highest BCUT2D eigenvalue weighted by Gasteiger charge is 2.17. The van der Waals surface area contributed by atoms with E-state index in [4.69, 9.17) is 9.88 Å². The van der Waals surface area contributed by atoms with E-state index in [1.807, 2.05) is 0 Å². The van der Waals surface area contributed by atoms with Crippen LogP contribution in [0.2, 0.25) is 0 Å². The third-order valence-electron chi connectivity index (χ3n) is 2.92. The summed E-state index contributed by atoms with van der Waals surface area (Å²) in [5.74, 6) is -1.26. The molecule has 0 aliphatic rings. The predicted molar refractivity (Wildman–Crippen MR) is 86.4 cm³/mol. The third-order valence-corrected chi connectivity index (χ3v) is 4.32. The number of ether oxygens (including phenoxy) is 1. The molecule has 2 rings (SSSR count). The van der Waals surface area contributed by atoms with Crippen LogP contribution < -0.4 is 15.2 Å². The third kappa shape index (κ3) is 4.06. The van der Waals surface area contributed by atoms with E-state index in [0.29, 0.717) is 4.47 Å². The van der Waals surface area contributed by atoms with Crippen molar-refractivity contribution >= 4 is 37.5 Å². The number of amides is 1. The van der Waals surface area contributed by atoms with Gasteiger partial charge in [-0.25, -0.2) is 17.9 Å². The second kappa shape index (κ2) is 6.65. The Labute approximate surface area is 140 Å². The van der Waals surface area contributed by atoms with Crippen molar-refractivity contribution in [2.45, 2.75) is 4.90 Å². The number of rotatable bonds is 4. The second-order valence-corrected chi connectivity index (χ2v) is 6.96. The average Bonchev–Trinajstić information content (AvgIpc) is 2.48. The maximum absolute atomic E-state index is 13.7. The van der Waals surface area contributed by atoms with Gasteiger partial charge in [0.05, 0.1) is 23.3 Å². The van der Waals surface area contributed by atoms with Gasteiger partial charge in [0.1, 0.15) is 11.6 Å². The molecular weight excluding hydrogens is 391 g/mol. The van der Waals surface area contributed by atoms with Crippen LogP contribution in [0.4, 0.5) is 10.1 Å². The fourth-order valence-electron chi connectivity index (χ4n) is 1.82. The van der Waals surface area contributed by atoms with Gasteiger partial charge >= 0.3 is 0 Å². The van der Waals surface area contributed by atoms with Crippen molar-refractivity contribution in [1.29, 1.82) is 0 Å². The molecule has 0 aromatic heterocycles. The minimum atomic E-state index is -3.95. The molecule has 0 radical (unpaired) electrons. The minimum absolute atomic E-state index is 0.0587. The van der Waals surface area contributed by atoms with E-state index in [0.717, 1.165) is 12.1 Å². The van der Waals surface area contributed by atoms with Gasteiger partial charge < -0.3 is 10.1 Å². The van der Waals surface area contributed by atoms with Crippen LogP contribution in [0.15, 0.2) is 45.8 Å². The molecule has 2 aromatic carbocycles. The van der Waals surface area contributed by atoms with Gasteiger partial charge in [0.25, 0.3) is 5.91 Å². The van der Waals surface area contributed by atoms with Crippen molar-refractivity contribution in [2.75, 3.05) is 12.4 Å². The molecule has 6 nitrogen and oxygen atoms in total. The Bertz CT molecular complexity index is 871. The number of methoxy groups -OCH3 is 1. The number of carbonyl (C=O) groups is 1. The highest BCUT2D eigenvalue weighted by Crippen LogP contribution is 2.28. The van der Waals surface area contributed by atoms with Crippen LogP contribution in [0.1, 0.15) is 10.4 Å². The van der Waals surface area contributed by atoms with Crippen LogP contribution in [0.25, 0.3) is 0 Å². The summed E-state index contributed by atoms with van der Waals surface area (Å²) in [7, 11) is -2.61. The quantitative estimate of drug-likeness (QED) is 0.820. The lowest BCUT2D eigenvalue weighted by Gasteiger charge is -2.12. The van der Waals surface area contributed by atoms with Gasteiger partial charge in [-0.2, -0.15) is 0 Å². The predicted octanol–water partition coefficient (Wildman–Crippen LogP) is 2.50. The van der Waals surface area contributed by atoms with Crippen molar-refractivity contribution in [1.82, 2.24) is 0 Å². The minimum Gasteiger partial charge on any atom is -0.495 e. The van der Waals surface area contributed by atoms with Crippen LogP contribution in [-0.2, 0) is 10.0 Å². The molecule has 0 saturated carbocycles. The number of sulfonamides is 1. The van der Waals surface area contributed by atoms with Gasteiger partial charge in [0.15, 0.2) is 0 Å². The molecule has 0 saturated heterocycles. The smallest absolute Gasteiger partial charge is 0.258 e. The Kier molecular flexibility index (Phi) is 5.03. The summed E-state index contributed by atoms with van der Waals surface area (Å²) in [6, 6.07) is 7.62.